The van der Waals surface area contributed by atoms with E-state index in [1.807, 2.05) is 0 Å². The van der Waals surface area contributed by atoms with Gasteiger partial charge in [-0.05, 0) is 54.4 Å². The molecule has 0 N–H and O–H groups in total. The number of rotatable bonds is 8. The summed E-state index contributed by atoms with van der Waals surface area (Å²) in [6, 6.07) is 12.8. The third-order valence-corrected chi connectivity index (χ3v) is 6.03. The fourth-order valence-corrected chi connectivity index (χ4v) is 4.27. The first-order valence-electron chi connectivity index (χ1n) is 9.01. The van der Waals surface area contributed by atoms with Crippen molar-refractivity contribution in [1.29, 1.82) is 0 Å². The van der Waals surface area contributed by atoms with Crippen LogP contribution in [-0.2, 0) is 16.6 Å². The maximum absolute atomic E-state index is 13.8. The van der Waals surface area contributed by atoms with Gasteiger partial charge in [0.1, 0.15) is 11.6 Å². The van der Waals surface area contributed by atoms with Gasteiger partial charge in [0.15, 0.2) is 11.6 Å². The molecule has 0 aliphatic carbocycles. The maximum atomic E-state index is 13.8. The van der Waals surface area contributed by atoms with Crippen molar-refractivity contribution in [1.82, 2.24) is 4.98 Å². The van der Waals surface area contributed by atoms with E-state index in [4.69, 9.17) is 4.74 Å². The highest BCUT2D eigenvalue weighted by atomic mass is 32.2. The lowest BCUT2D eigenvalue weighted by Gasteiger charge is -2.24. The zero-order chi connectivity index (χ0) is 20.9. The van der Waals surface area contributed by atoms with Gasteiger partial charge in [-0.3, -0.25) is 9.29 Å². The van der Waals surface area contributed by atoms with Gasteiger partial charge in [-0.25, -0.2) is 17.2 Å². The van der Waals surface area contributed by atoms with Crippen molar-refractivity contribution in [2.24, 2.45) is 0 Å². The second-order valence-corrected chi connectivity index (χ2v) is 8.37. The van der Waals surface area contributed by atoms with E-state index in [2.05, 4.69) is 4.98 Å². The average molecular weight is 418 g/mol. The van der Waals surface area contributed by atoms with Crippen molar-refractivity contribution in [3.05, 3.63) is 84.2 Å². The van der Waals surface area contributed by atoms with E-state index in [9.17, 15) is 17.2 Å². The van der Waals surface area contributed by atoms with Gasteiger partial charge in [0.05, 0.1) is 18.0 Å². The van der Waals surface area contributed by atoms with Crippen LogP contribution in [0.25, 0.3) is 0 Å². The molecule has 152 valence electrons. The van der Waals surface area contributed by atoms with Gasteiger partial charge in [0.25, 0.3) is 0 Å². The Morgan fingerprint density at radius 1 is 1.07 bits per heavy atom. The van der Waals surface area contributed by atoms with Gasteiger partial charge in [-0.15, -0.1) is 0 Å². The maximum Gasteiger partial charge on any atom is 0.235 e. The molecule has 29 heavy (non-hydrogen) atoms. The summed E-state index contributed by atoms with van der Waals surface area (Å²) < 4.78 is 59.1. The van der Waals surface area contributed by atoms with Crippen molar-refractivity contribution < 1.29 is 21.9 Å². The summed E-state index contributed by atoms with van der Waals surface area (Å²) in [5, 5.41) is 0. The summed E-state index contributed by atoms with van der Waals surface area (Å²) in [6.45, 7) is 1.94. The molecule has 0 fully saturated rings. The topological polar surface area (TPSA) is 59.5 Å². The first-order valence-corrected chi connectivity index (χ1v) is 10.6. The van der Waals surface area contributed by atoms with Gasteiger partial charge in [0.2, 0.25) is 10.0 Å². The molecule has 0 aliphatic rings. The molecule has 8 heteroatoms. The quantitative estimate of drug-likeness (QED) is 0.522. The van der Waals surface area contributed by atoms with E-state index in [1.165, 1.54) is 22.5 Å². The first-order chi connectivity index (χ1) is 13.9. The molecule has 0 saturated carbocycles. The number of nitrogens with zero attached hydrogens (tertiary/aromatic N) is 2. The lowest BCUT2D eigenvalue weighted by atomic mass is 10.2. The Bertz CT molecular complexity index is 1060. The molecule has 0 amide bonds. The third kappa shape index (κ3) is 5.29. The molecule has 5 nitrogen and oxygen atoms in total. The normalized spacial score (nSPS) is 11.3. The number of pyridine rings is 1. The number of aromatic nitrogens is 1. The van der Waals surface area contributed by atoms with Crippen LogP contribution in [0.3, 0.4) is 0 Å². The van der Waals surface area contributed by atoms with Crippen LogP contribution in [0.1, 0.15) is 18.9 Å². The molecule has 0 atom stereocenters. The van der Waals surface area contributed by atoms with Crippen LogP contribution >= 0.6 is 0 Å². The second-order valence-electron chi connectivity index (χ2n) is 6.35. The molecule has 1 heterocycles. The van der Waals surface area contributed by atoms with E-state index in [0.29, 0.717) is 17.9 Å². The van der Waals surface area contributed by atoms with Gasteiger partial charge in [-0.1, -0.05) is 13.0 Å². The van der Waals surface area contributed by atoms with Crippen LogP contribution < -0.4 is 9.04 Å². The van der Waals surface area contributed by atoms with E-state index < -0.39 is 21.7 Å². The van der Waals surface area contributed by atoms with Crippen molar-refractivity contribution in [2.45, 2.75) is 19.9 Å². The van der Waals surface area contributed by atoms with E-state index in [0.717, 1.165) is 17.7 Å². The van der Waals surface area contributed by atoms with Crippen LogP contribution in [-0.4, -0.2) is 19.2 Å². The first kappa shape index (κ1) is 20.7. The molecule has 0 unspecified atom stereocenters. The molecule has 3 aromatic rings. The Labute approximate surface area is 168 Å². The molecule has 3 rings (SSSR count). The monoisotopic (exact) mass is 418 g/mol. The number of hydrogen-bond acceptors (Lipinski definition) is 4. The van der Waals surface area contributed by atoms with Crippen molar-refractivity contribution in [3.8, 4) is 11.5 Å². The minimum absolute atomic E-state index is 0.00625. The highest BCUT2D eigenvalue weighted by molar-refractivity contribution is 7.92. The molecule has 2 aromatic carbocycles. The van der Waals surface area contributed by atoms with E-state index >= 15 is 0 Å². The van der Waals surface area contributed by atoms with Crippen LogP contribution in [0.4, 0.5) is 14.5 Å². The second kappa shape index (κ2) is 9.00. The van der Waals surface area contributed by atoms with Crippen LogP contribution in [0, 0.1) is 11.6 Å². The fourth-order valence-electron chi connectivity index (χ4n) is 2.74. The zero-order valence-corrected chi connectivity index (χ0v) is 16.6. The molecular formula is C21H20F2N2O3S. The van der Waals surface area contributed by atoms with Gasteiger partial charge < -0.3 is 4.74 Å². The Morgan fingerprint density at radius 2 is 1.83 bits per heavy atom. The largest absolute Gasteiger partial charge is 0.454 e. The van der Waals surface area contributed by atoms with Gasteiger partial charge >= 0.3 is 0 Å². The standard InChI is InChI=1S/C21H20F2N2O3S/c1-2-12-29(26,27)25(15-16-4-3-11-24-14-16)18-6-8-19(9-7-18)28-21-10-5-17(22)13-20(21)23/h3-11,13-14H,2,12,15H2,1H3. The Balaban J connectivity index is 1.86. The number of anilines is 1. The average Bonchev–Trinajstić information content (AvgIpc) is 2.70. The van der Waals surface area contributed by atoms with Crippen LogP contribution in [0.5, 0.6) is 11.5 Å². The minimum Gasteiger partial charge on any atom is -0.454 e. The summed E-state index contributed by atoms with van der Waals surface area (Å²) in [7, 11) is -3.54. The van der Waals surface area contributed by atoms with E-state index in [-0.39, 0.29) is 18.0 Å². The highest BCUT2D eigenvalue weighted by Crippen LogP contribution is 2.28. The Morgan fingerprint density at radius 3 is 2.45 bits per heavy atom. The minimum atomic E-state index is -3.54. The molecule has 0 radical (unpaired) electrons. The molecule has 0 aliphatic heterocycles. The van der Waals surface area contributed by atoms with Gasteiger partial charge in [0, 0.05) is 18.5 Å². The molecule has 0 spiro atoms. The fraction of sp³-hybridized carbons (Fsp3) is 0.190. The Hall–Kier alpha value is -3.00. The highest BCUT2D eigenvalue weighted by Gasteiger charge is 2.22. The lowest BCUT2D eigenvalue weighted by Crippen LogP contribution is -2.32. The number of ether oxygens (including phenoxy) is 1. The van der Waals surface area contributed by atoms with Crippen molar-refractivity contribution in [3.63, 3.8) is 0 Å². The molecular weight excluding hydrogens is 398 g/mol. The SMILES string of the molecule is CCCS(=O)(=O)N(Cc1cccnc1)c1ccc(Oc2ccc(F)cc2F)cc1. The summed E-state index contributed by atoms with van der Waals surface area (Å²) in [5.41, 5.74) is 1.20. The summed E-state index contributed by atoms with van der Waals surface area (Å²) in [6.07, 6.45) is 3.72. The zero-order valence-electron chi connectivity index (χ0n) is 15.8. The summed E-state index contributed by atoms with van der Waals surface area (Å²) in [5.74, 6) is -1.33. The number of benzene rings is 2. The molecule has 1 aromatic heterocycles. The van der Waals surface area contributed by atoms with Gasteiger partial charge in [-0.2, -0.15) is 0 Å². The molecule has 0 saturated heterocycles. The molecule has 0 bridgehead atoms. The number of sulfonamides is 1. The lowest BCUT2D eigenvalue weighted by molar-refractivity contribution is 0.437. The third-order valence-electron chi connectivity index (χ3n) is 4.09. The van der Waals surface area contributed by atoms with Crippen LogP contribution in [0.2, 0.25) is 0 Å². The van der Waals surface area contributed by atoms with Crippen LogP contribution in [0.15, 0.2) is 67.0 Å². The Kier molecular flexibility index (Phi) is 6.43. The predicted molar refractivity (Wildman–Crippen MR) is 107 cm³/mol. The summed E-state index contributed by atoms with van der Waals surface area (Å²) >= 11 is 0. The smallest absolute Gasteiger partial charge is 0.235 e. The number of halogens is 2. The van der Waals surface area contributed by atoms with Crippen molar-refractivity contribution >= 4 is 15.7 Å². The summed E-state index contributed by atoms with van der Waals surface area (Å²) in [4.78, 5) is 4.03. The van der Waals surface area contributed by atoms with E-state index in [1.54, 1.807) is 43.6 Å². The number of hydrogen-bond donors (Lipinski definition) is 0. The predicted octanol–water partition coefficient (Wildman–Crippen LogP) is 4.90. The van der Waals surface area contributed by atoms with Crippen molar-refractivity contribution in [2.75, 3.05) is 10.1 Å².